The molecule has 1 saturated heterocycles. The topological polar surface area (TPSA) is 96.5 Å². The second-order valence-electron chi connectivity index (χ2n) is 6.43. The van der Waals surface area contributed by atoms with Gasteiger partial charge in [0.05, 0.1) is 18.1 Å². The molecule has 3 rings (SSSR count). The number of carbonyl (C=O) groups excluding carboxylic acids is 1. The number of halogens is 1. The maximum atomic E-state index is 12.7. The fourth-order valence-corrected chi connectivity index (χ4v) is 4.20. The highest BCUT2D eigenvalue weighted by Crippen LogP contribution is 2.23. The lowest BCUT2D eigenvalue weighted by atomic mass is 10.2. The number of amides is 1. The molecule has 2 aromatic carbocycles. The van der Waals surface area contributed by atoms with Gasteiger partial charge < -0.3 is 15.4 Å². The summed E-state index contributed by atoms with van der Waals surface area (Å²) in [5, 5.41) is 5.98. The minimum Gasteiger partial charge on any atom is -0.378 e. The molecule has 0 saturated carbocycles. The number of ether oxygens (including phenoxy) is 1. The summed E-state index contributed by atoms with van der Waals surface area (Å²) < 4.78 is 33.3. The molecule has 7 nitrogen and oxygen atoms in total. The largest absolute Gasteiger partial charge is 0.378 e. The molecule has 0 aliphatic carbocycles. The second-order valence-corrected chi connectivity index (χ2v) is 8.08. The number of nitrogens with one attached hydrogen (secondary N) is 3. The minimum absolute atomic E-state index is 0. The Hall–Kier alpha value is -2.13. The Balaban J connectivity index is 0.00000280. The summed E-state index contributed by atoms with van der Waals surface area (Å²) in [5.41, 5.74) is 1.52. The Labute approximate surface area is 171 Å². The van der Waals surface area contributed by atoms with E-state index in [1.807, 2.05) is 6.07 Å². The van der Waals surface area contributed by atoms with Gasteiger partial charge in [-0.2, -0.15) is 0 Å². The molecule has 2 aromatic rings. The molecule has 0 radical (unpaired) electrons. The van der Waals surface area contributed by atoms with Crippen LogP contribution in [-0.2, 0) is 19.6 Å². The monoisotopic (exact) mass is 425 g/mol. The van der Waals surface area contributed by atoms with Gasteiger partial charge >= 0.3 is 0 Å². The van der Waals surface area contributed by atoms with E-state index < -0.39 is 10.0 Å². The van der Waals surface area contributed by atoms with Crippen molar-refractivity contribution in [2.45, 2.75) is 24.3 Å². The Morgan fingerprint density at radius 2 is 1.93 bits per heavy atom. The zero-order chi connectivity index (χ0) is 19.3. The summed E-state index contributed by atoms with van der Waals surface area (Å²) in [5.74, 6) is -0.193. The lowest BCUT2D eigenvalue weighted by molar-refractivity contribution is -0.117. The quantitative estimate of drug-likeness (QED) is 0.660. The van der Waals surface area contributed by atoms with Gasteiger partial charge in [-0.1, -0.05) is 24.3 Å². The summed E-state index contributed by atoms with van der Waals surface area (Å²) in [4.78, 5) is 12.4. The van der Waals surface area contributed by atoms with Crippen molar-refractivity contribution in [2.75, 3.05) is 29.8 Å². The van der Waals surface area contributed by atoms with Gasteiger partial charge in [0.1, 0.15) is 0 Å². The highest BCUT2D eigenvalue weighted by Gasteiger charge is 2.20. The average molecular weight is 426 g/mol. The molecule has 1 unspecified atom stereocenters. The van der Waals surface area contributed by atoms with Crippen LogP contribution in [0.15, 0.2) is 53.4 Å². The standard InChI is InChI=1S/C19H23N3O4S.ClH/c1-14-7-8-16(21-19(23)12-17-13-26-10-9-20-17)11-18(14)27(24,25)22-15-5-3-2-4-6-15;/h2-8,11,17,20,22H,9-10,12-13H2,1H3,(H,21,23);1H. The number of carbonyl (C=O) groups is 1. The Morgan fingerprint density at radius 1 is 1.18 bits per heavy atom. The van der Waals surface area contributed by atoms with Crippen LogP contribution in [-0.4, -0.2) is 40.1 Å². The third-order valence-electron chi connectivity index (χ3n) is 4.22. The van der Waals surface area contributed by atoms with Crippen LogP contribution in [0, 0.1) is 6.92 Å². The van der Waals surface area contributed by atoms with Crippen LogP contribution in [0.3, 0.4) is 0 Å². The van der Waals surface area contributed by atoms with Gasteiger partial charge in [-0.25, -0.2) is 8.42 Å². The summed E-state index contributed by atoms with van der Waals surface area (Å²) >= 11 is 0. The molecule has 1 aliphatic heterocycles. The van der Waals surface area contributed by atoms with E-state index in [1.54, 1.807) is 43.3 Å². The number of benzene rings is 2. The molecule has 9 heteroatoms. The van der Waals surface area contributed by atoms with Crippen molar-refractivity contribution in [2.24, 2.45) is 0 Å². The lowest BCUT2D eigenvalue weighted by Gasteiger charge is -2.23. The maximum Gasteiger partial charge on any atom is 0.262 e. The Morgan fingerprint density at radius 3 is 2.61 bits per heavy atom. The van der Waals surface area contributed by atoms with Crippen molar-refractivity contribution in [3.8, 4) is 0 Å². The fourth-order valence-electron chi connectivity index (χ4n) is 2.87. The predicted molar refractivity (Wildman–Crippen MR) is 112 cm³/mol. The minimum atomic E-state index is -3.76. The molecule has 0 bridgehead atoms. The van der Waals surface area contributed by atoms with Gasteiger partial charge in [0.25, 0.3) is 10.0 Å². The number of aryl methyl sites for hydroxylation is 1. The van der Waals surface area contributed by atoms with Crippen LogP contribution < -0.4 is 15.4 Å². The van der Waals surface area contributed by atoms with E-state index in [0.717, 1.165) is 6.54 Å². The number of hydrogen-bond donors (Lipinski definition) is 3. The smallest absolute Gasteiger partial charge is 0.262 e. The molecule has 0 spiro atoms. The molecular formula is C19H24ClN3O4S. The van der Waals surface area contributed by atoms with Crippen LogP contribution in [0.25, 0.3) is 0 Å². The van der Waals surface area contributed by atoms with Gasteiger partial charge in [0.15, 0.2) is 0 Å². The second kappa shape index (κ2) is 9.88. The van der Waals surface area contributed by atoms with Crippen LogP contribution in [0.2, 0.25) is 0 Å². The van der Waals surface area contributed by atoms with E-state index in [1.165, 1.54) is 6.07 Å². The van der Waals surface area contributed by atoms with E-state index in [4.69, 9.17) is 4.74 Å². The number of hydrogen-bond acceptors (Lipinski definition) is 5. The number of anilines is 2. The lowest BCUT2D eigenvalue weighted by Crippen LogP contribution is -2.43. The van der Waals surface area contributed by atoms with E-state index in [2.05, 4.69) is 15.4 Å². The van der Waals surface area contributed by atoms with Crippen molar-refractivity contribution < 1.29 is 17.9 Å². The van der Waals surface area contributed by atoms with Crippen molar-refractivity contribution in [3.05, 3.63) is 54.1 Å². The molecule has 0 aromatic heterocycles. The van der Waals surface area contributed by atoms with Gasteiger partial charge in [-0.15, -0.1) is 12.4 Å². The normalized spacial score (nSPS) is 16.7. The average Bonchev–Trinajstić information content (AvgIpc) is 2.64. The molecule has 1 atom stereocenters. The predicted octanol–water partition coefficient (Wildman–Crippen LogP) is 2.53. The number of sulfonamides is 1. The zero-order valence-corrected chi connectivity index (χ0v) is 17.1. The van der Waals surface area contributed by atoms with E-state index in [-0.39, 0.29) is 35.7 Å². The molecule has 3 N–H and O–H groups in total. The number of para-hydroxylation sites is 1. The summed E-state index contributed by atoms with van der Waals surface area (Å²) in [6.45, 7) is 3.57. The molecule has 28 heavy (non-hydrogen) atoms. The molecule has 1 amide bonds. The summed E-state index contributed by atoms with van der Waals surface area (Å²) in [6, 6.07) is 13.5. The first-order chi connectivity index (χ1) is 12.9. The molecular weight excluding hydrogens is 402 g/mol. The van der Waals surface area contributed by atoms with Gasteiger partial charge in [0, 0.05) is 30.4 Å². The zero-order valence-electron chi connectivity index (χ0n) is 15.5. The SMILES string of the molecule is Cc1ccc(NC(=O)CC2COCCN2)cc1S(=O)(=O)Nc1ccccc1.Cl. The number of morpholine rings is 1. The van der Waals surface area contributed by atoms with Crippen LogP contribution >= 0.6 is 12.4 Å². The van der Waals surface area contributed by atoms with E-state index >= 15 is 0 Å². The maximum absolute atomic E-state index is 12.7. The summed E-state index contributed by atoms with van der Waals surface area (Å²) in [6.07, 6.45) is 0.262. The molecule has 1 heterocycles. The van der Waals surface area contributed by atoms with Gasteiger partial charge in [-0.05, 0) is 36.8 Å². The molecule has 1 aliphatic rings. The van der Waals surface area contributed by atoms with Crippen molar-refractivity contribution >= 4 is 39.7 Å². The van der Waals surface area contributed by atoms with Gasteiger partial charge in [-0.3, -0.25) is 9.52 Å². The third kappa shape index (κ3) is 5.93. The van der Waals surface area contributed by atoms with Gasteiger partial charge in [0.2, 0.25) is 5.91 Å². The van der Waals surface area contributed by atoms with Crippen LogP contribution in [0.4, 0.5) is 11.4 Å². The first kappa shape index (κ1) is 22.2. The van der Waals surface area contributed by atoms with Crippen LogP contribution in [0.5, 0.6) is 0 Å². The third-order valence-corrected chi connectivity index (χ3v) is 5.74. The highest BCUT2D eigenvalue weighted by molar-refractivity contribution is 7.92. The van der Waals surface area contributed by atoms with Crippen molar-refractivity contribution in [1.82, 2.24) is 5.32 Å². The van der Waals surface area contributed by atoms with E-state index in [9.17, 15) is 13.2 Å². The summed E-state index contributed by atoms with van der Waals surface area (Å²) in [7, 11) is -3.76. The van der Waals surface area contributed by atoms with E-state index in [0.29, 0.717) is 30.2 Å². The molecule has 1 fully saturated rings. The molecule has 152 valence electrons. The first-order valence-electron chi connectivity index (χ1n) is 8.73. The van der Waals surface area contributed by atoms with Crippen molar-refractivity contribution in [3.63, 3.8) is 0 Å². The first-order valence-corrected chi connectivity index (χ1v) is 10.2. The Bertz CT molecular complexity index is 901. The highest BCUT2D eigenvalue weighted by atomic mass is 35.5. The van der Waals surface area contributed by atoms with Crippen molar-refractivity contribution in [1.29, 1.82) is 0 Å². The Kier molecular flexibility index (Phi) is 7.82. The van der Waals surface area contributed by atoms with Crippen LogP contribution in [0.1, 0.15) is 12.0 Å². The number of rotatable bonds is 6. The fraction of sp³-hybridized carbons (Fsp3) is 0.316.